The Kier molecular flexibility index (Phi) is 3.53. The Morgan fingerprint density at radius 3 is 2.90 bits per heavy atom. The molecule has 1 aromatic heterocycles. The number of thioether (sulfide) groups is 1. The molecule has 0 radical (unpaired) electrons. The topological polar surface area (TPSA) is 39.4 Å². The molecule has 2 aromatic rings. The molecule has 1 unspecified atom stereocenters. The predicted octanol–water partition coefficient (Wildman–Crippen LogP) is 3.06. The third-order valence-electron chi connectivity index (χ3n) is 3.41. The number of imidazole rings is 1. The molecule has 0 aliphatic carbocycles. The quantitative estimate of drug-likeness (QED) is 0.814. The van der Waals surface area contributed by atoms with E-state index in [1.165, 1.54) is 4.90 Å². The molecule has 1 aromatic carbocycles. The third kappa shape index (κ3) is 2.22. The maximum atomic E-state index is 5.50. The summed E-state index contributed by atoms with van der Waals surface area (Å²) < 4.78 is 1.77. The van der Waals surface area contributed by atoms with Crippen molar-refractivity contribution in [2.24, 2.45) is 4.99 Å². The van der Waals surface area contributed by atoms with Gasteiger partial charge in [0.15, 0.2) is 5.82 Å². The lowest BCUT2D eigenvalue weighted by molar-refractivity contribution is 0.175. The number of benzene rings is 1. The molecule has 0 amide bonds. The second-order valence-corrected chi connectivity index (χ2v) is 5.67. The molecular formula is C15H17N3OS. The first-order valence-corrected chi connectivity index (χ1v) is 7.80. The van der Waals surface area contributed by atoms with Crippen LogP contribution in [0.15, 0.2) is 34.2 Å². The Morgan fingerprint density at radius 2 is 2.25 bits per heavy atom. The Bertz CT molecular complexity index is 702. The van der Waals surface area contributed by atoms with E-state index in [4.69, 9.17) is 9.82 Å². The van der Waals surface area contributed by atoms with Gasteiger partial charge < -0.3 is 4.84 Å². The van der Waals surface area contributed by atoms with E-state index in [2.05, 4.69) is 36.4 Å². The average Bonchev–Trinajstić information content (AvgIpc) is 2.85. The van der Waals surface area contributed by atoms with Crippen LogP contribution < -0.4 is 4.84 Å². The molecule has 104 valence electrons. The lowest BCUT2D eigenvalue weighted by atomic mass is 10.1. The molecule has 1 aliphatic heterocycles. The smallest absolute Gasteiger partial charge is 0.177 e. The number of hydrogen-bond acceptors (Lipinski definition) is 4. The van der Waals surface area contributed by atoms with Crippen LogP contribution in [0.4, 0.5) is 0 Å². The molecule has 0 saturated heterocycles. The number of allylic oxidation sites excluding steroid dienone is 1. The highest BCUT2D eigenvalue weighted by Crippen LogP contribution is 2.25. The highest BCUT2D eigenvalue weighted by Gasteiger charge is 2.16. The summed E-state index contributed by atoms with van der Waals surface area (Å²) in [5.41, 5.74) is 2.95. The monoisotopic (exact) mass is 287 g/mol. The largest absolute Gasteiger partial charge is 0.415 e. The van der Waals surface area contributed by atoms with Crippen LogP contribution in [-0.4, -0.2) is 35.3 Å². The summed E-state index contributed by atoms with van der Waals surface area (Å²) in [6.45, 7) is 2.10. The van der Waals surface area contributed by atoms with Gasteiger partial charge in [-0.05, 0) is 37.8 Å². The number of hydrogen-bond donors (Lipinski definition) is 0. The van der Waals surface area contributed by atoms with Crippen molar-refractivity contribution in [3.05, 3.63) is 30.1 Å². The van der Waals surface area contributed by atoms with Crippen LogP contribution in [-0.2, 0) is 0 Å². The molecule has 4 nitrogen and oxygen atoms in total. The molecular weight excluding hydrogens is 270 g/mol. The summed E-state index contributed by atoms with van der Waals surface area (Å²) in [5.74, 6) is 0.816. The zero-order chi connectivity index (χ0) is 14.1. The minimum Gasteiger partial charge on any atom is -0.415 e. The molecule has 0 N–H and O–H groups in total. The number of aliphatic imine (C=N–C) groups is 1. The van der Waals surface area contributed by atoms with Gasteiger partial charge in [-0.2, -0.15) is 4.73 Å². The van der Waals surface area contributed by atoms with Crippen molar-refractivity contribution in [1.82, 2.24) is 9.71 Å². The zero-order valence-electron chi connectivity index (χ0n) is 11.8. The average molecular weight is 287 g/mol. The van der Waals surface area contributed by atoms with Crippen molar-refractivity contribution in [3.8, 4) is 0 Å². The molecule has 0 fully saturated rings. The van der Waals surface area contributed by atoms with Gasteiger partial charge in [0.25, 0.3) is 0 Å². The molecule has 5 heteroatoms. The van der Waals surface area contributed by atoms with Crippen molar-refractivity contribution < 1.29 is 4.84 Å². The molecule has 0 spiro atoms. The van der Waals surface area contributed by atoms with Gasteiger partial charge in [0.05, 0.1) is 11.6 Å². The number of fused-ring (bicyclic) bond motifs is 1. The standard InChI is InChI=1S/C15H17N3OS/c1-10-4-5-11(9-16-10)15-17-13-8-12(20-3)6-7-14(13)18(15)19-2/h5-10H,4H2,1-3H3. The Hall–Kier alpha value is -1.75. The molecule has 0 bridgehead atoms. The second-order valence-electron chi connectivity index (χ2n) is 4.79. The van der Waals surface area contributed by atoms with Gasteiger partial charge >= 0.3 is 0 Å². The van der Waals surface area contributed by atoms with Crippen molar-refractivity contribution in [2.75, 3.05) is 13.4 Å². The van der Waals surface area contributed by atoms with Crippen LogP contribution in [0.3, 0.4) is 0 Å². The summed E-state index contributed by atoms with van der Waals surface area (Å²) in [6.07, 6.45) is 7.06. The van der Waals surface area contributed by atoms with E-state index in [9.17, 15) is 0 Å². The molecule has 20 heavy (non-hydrogen) atoms. The predicted molar refractivity (Wildman–Crippen MR) is 84.6 cm³/mol. The lowest BCUT2D eigenvalue weighted by Crippen LogP contribution is -2.12. The maximum Gasteiger partial charge on any atom is 0.177 e. The minimum atomic E-state index is 0.349. The first-order valence-electron chi connectivity index (χ1n) is 6.57. The number of rotatable bonds is 3. The Balaban J connectivity index is 2.13. The van der Waals surface area contributed by atoms with E-state index in [0.29, 0.717) is 6.04 Å². The van der Waals surface area contributed by atoms with Gasteiger partial charge in [-0.25, -0.2) is 4.98 Å². The van der Waals surface area contributed by atoms with Crippen LogP contribution in [0.1, 0.15) is 19.2 Å². The van der Waals surface area contributed by atoms with Crippen molar-refractivity contribution >= 4 is 34.6 Å². The van der Waals surface area contributed by atoms with E-state index in [1.807, 2.05) is 12.3 Å². The fourth-order valence-corrected chi connectivity index (χ4v) is 2.73. The summed E-state index contributed by atoms with van der Waals surface area (Å²) in [6, 6.07) is 6.56. The summed E-state index contributed by atoms with van der Waals surface area (Å²) in [4.78, 5) is 15.9. The maximum absolute atomic E-state index is 5.50. The summed E-state index contributed by atoms with van der Waals surface area (Å²) in [7, 11) is 1.66. The van der Waals surface area contributed by atoms with E-state index in [1.54, 1.807) is 23.6 Å². The first-order chi connectivity index (χ1) is 9.72. The summed E-state index contributed by atoms with van der Waals surface area (Å²) in [5, 5.41) is 0. The first kappa shape index (κ1) is 13.2. The van der Waals surface area contributed by atoms with Crippen LogP contribution in [0.2, 0.25) is 0 Å². The highest BCUT2D eigenvalue weighted by molar-refractivity contribution is 7.98. The lowest BCUT2D eigenvalue weighted by Gasteiger charge is -2.12. The number of nitrogens with zero attached hydrogens (tertiary/aromatic N) is 3. The normalized spacial score (nSPS) is 18.4. The Morgan fingerprint density at radius 1 is 1.40 bits per heavy atom. The van der Waals surface area contributed by atoms with Crippen LogP contribution in [0.5, 0.6) is 0 Å². The zero-order valence-corrected chi connectivity index (χ0v) is 12.6. The van der Waals surface area contributed by atoms with Crippen molar-refractivity contribution in [3.63, 3.8) is 0 Å². The summed E-state index contributed by atoms with van der Waals surface area (Å²) >= 11 is 1.71. The SMILES string of the molecule is COn1c(C2=CCC(C)N=C2)nc2cc(SC)ccc21. The third-order valence-corrected chi connectivity index (χ3v) is 4.13. The van der Waals surface area contributed by atoms with Gasteiger partial charge in [0.2, 0.25) is 0 Å². The highest BCUT2D eigenvalue weighted by atomic mass is 32.2. The molecule has 2 heterocycles. The van der Waals surface area contributed by atoms with Gasteiger partial charge in [-0.15, -0.1) is 11.8 Å². The van der Waals surface area contributed by atoms with Gasteiger partial charge in [0, 0.05) is 16.7 Å². The van der Waals surface area contributed by atoms with Crippen LogP contribution >= 0.6 is 11.8 Å². The molecule has 1 atom stereocenters. The fraction of sp³-hybridized carbons (Fsp3) is 0.333. The van der Waals surface area contributed by atoms with Crippen molar-refractivity contribution in [2.45, 2.75) is 24.3 Å². The molecule has 1 aliphatic rings. The number of dihydropyridines is 1. The van der Waals surface area contributed by atoms with Crippen molar-refractivity contribution in [1.29, 1.82) is 0 Å². The number of aromatic nitrogens is 2. The van der Waals surface area contributed by atoms with Gasteiger partial charge in [-0.3, -0.25) is 4.99 Å². The minimum absolute atomic E-state index is 0.349. The molecule has 3 rings (SSSR count). The molecule has 0 saturated carbocycles. The van der Waals surface area contributed by atoms with Crippen LogP contribution in [0, 0.1) is 0 Å². The second kappa shape index (κ2) is 5.32. The van der Waals surface area contributed by atoms with E-state index >= 15 is 0 Å². The van der Waals surface area contributed by atoms with Gasteiger partial charge in [-0.1, -0.05) is 6.08 Å². The van der Waals surface area contributed by atoms with E-state index in [-0.39, 0.29) is 0 Å². The van der Waals surface area contributed by atoms with E-state index < -0.39 is 0 Å². The van der Waals surface area contributed by atoms with E-state index in [0.717, 1.165) is 28.9 Å². The van der Waals surface area contributed by atoms with Gasteiger partial charge in [0.1, 0.15) is 12.6 Å². The Labute approximate surface area is 122 Å². The fourth-order valence-electron chi connectivity index (χ4n) is 2.30. The van der Waals surface area contributed by atoms with Crippen LogP contribution in [0.25, 0.3) is 16.6 Å².